The summed E-state index contributed by atoms with van der Waals surface area (Å²) in [6.07, 6.45) is -2.79. The Kier molecular flexibility index (Phi) is 20.8. The zero-order chi connectivity index (χ0) is 60.0. The van der Waals surface area contributed by atoms with E-state index in [9.17, 15) is 45.0 Å². The van der Waals surface area contributed by atoms with Gasteiger partial charge in [-0.3, -0.25) is 9.59 Å². The first-order valence-electron chi connectivity index (χ1n) is 29.3. The van der Waals surface area contributed by atoms with Crippen LogP contribution in [-0.2, 0) is 33.2 Å². The highest BCUT2D eigenvalue weighted by atomic mass is 19.1. The maximum Gasteiger partial charge on any atom is 0.341 e. The van der Waals surface area contributed by atoms with E-state index in [1.807, 2.05) is 56.6 Å². The van der Waals surface area contributed by atoms with Crippen molar-refractivity contribution in [2.24, 2.45) is 23.7 Å². The van der Waals surface area contributed by atoms with Gasteiger partial charge in [0, 0.05) is 69.4 Å². The number of nitrogens with zero attached hydrogens (tertiary/aromatic N) is 4. The van der Waals surface area contributed by atoms with Gasteiger partial charge >= 0.3 is 11.9 Å². The minimum absolute atomic E-state index is 0.0599. The number of fused-ring (bicyclic) bond motifs is 2. The zero-order valence-corrected chi connectivity index (χ0v) is 50.5. The van der Waals surface area contributed by atoms with E-state index in [2.05, 4.69) is 5.32 Å². The van der Waals surface area contributed by atoms with E-state index in [1.54, 1.807) is 46.1 Å². The normalized spacial score (nSPS) is 40.4. The van der Waals surface area contributed by atoms with Gasteiger partial charge in [-0.15, -0.1) is 0 Å². The highest BCUT2D eigenvalue weighted by Crippen LogP contribution is 2.46. The second-order valence-corrected chi connectivity index (χ2v) is 25.5. The number of benzene rings is 1. The highest BCUT2D eigenvalue weighted by Gasteiger charge is 2.53. The van der Waals surface area contributed by atoms with E-state index in [-0.39, 0.29) is 54.3 Å². The molecule has 81 heavy (non-hydrogen) atoms. The van der Waals surface area contributed by atoms with Gasteiger partial charge in [0.1, 0.15) is 41.3 Å². The van der Waals surface area contributed by atoms with Crippen molar-refractivity contribution in [2.75, 3.05) is 66.4 Å². The summed E-state index contributed by atoms with van der Waals surface area (Å²) in [5.74, 6) is -3.65. The van der Waals surface area contributed by atoms with Gasteiger partial charge in [-0.05, 0) is 139 Å². The molecule has 460 valence electrons. The zero-order valence-electron chi connectivity index (χ0n) is 50.5. The summed E-state index contributed by atoms with van der Waals surface area (Å²) in [7, 11) is 8.60. The lowest BCUT2D eigenvalue weighted by molar-refractivity contribution is -0.318. The average molecular weight is 1150 g/mol. The summed E-state index contributed by atoms with van der Waals surface area (Å²) in [6, 6.07) is 0.809. The molecule has 8 rings (SSSR count). The number of ether oxygens (including phenoxy) is 7. The van der Waals surface area contributed by atoms with Gasteiger partial charge in [0.2, 0.25) is 5.43 Å². The molecule has 2 aromatic rings. The van der Waals surface area contributed by atoms with Crippen LogP contribution >= 0.6 is 0 Å². The molecule has 1 aliphatic carbocycles. The largest absolute Gasteiger partial charge is 0.492 e. The lowest BCUT2D eigenvalue weighted by Gasteiger charge is -2.48. The van der Waals surface area contributed by atoms with Crippen molar-refractivity contribution in [1.82, 2.24) is 19.7 Å². The van der Waals surface area contributed by atoms with Crippen LogP contribution in [0.4, 0.5) is 10.1 Å². The van der Waals surface area contributed by atoms with E-state index in [0.29, 0.717) is 48.4 Å². The van der Waals surface area contributed by atoms with Gasteiger partial charge in [-0.25, -0.2) is 9.18 Å². The first-order valence-corrected chi connectivity index (χ1v) is 29.3. The van der Waals surface area contributed by atoms with Crippen LogP contribution in [-0.4, -0.2) is 215 Å². The Morgan fingerprint density at radius 2 is 1.62 bits per heavy atom. The third-order valence-electron chi connectivity index (χ3n) is 18.7. The molecule has 6 aliphatic rings. The number of aliphatic hydroxyl groups is 5. The van der Waals surface area contributed by atoms with Crippen molar-refractivity contribution in [3.05, 3.63) is 33.9 Å². The second kappa shape index (κ2) is 25.9. The second-order valence-electron chi connectivity index (χ2n) is 25.5. The number of carboxylic acids is 1. The molecule has 22 heteroatoms. The fraction of sp³-hybridized carbons (Fsp3) is 0.814. The molecule has 6 fully saturated rings. The van der Waals surface area contributed by atoms with E-state index < -0.39 is 113 Å². The molecule has 1 aromatic heterocycles. The number of aromatic carboxylic acids is 1. The number of carbonyl (C=O) groups excluding carboxylic acids is 1. The van der Waals surface area contributed by atoms with Gasteiger partial charge in [0.25, 0.3) is 0 Å². The molecule has 0 spiro atoms. The van der Waals surface area contributed by atoms with Gasteiger partial charge in [0.05, 0.1) is 59.5 Å². The molecular weight excluding hydrogens is 1050 g/mol. The highest BCUT2D eigenvalue weighted by molar-refractivity contribution is 5.97. The minimum Gasteiger partial charge on any atom is -0.492 e. The first kappa shape index (κ1) is 64.9. The number of hydrogen-bond acceptors (Lipinski definition) is 19. The van der Waals surface area contributed by atoms with Crippen molar-refractivity contribution >= 4 is 28.5 Å². The Morgan fingerprint density at radius 1 is 0.938 bits per heavy atom. The molecule has 20 atom stereocenters. The molecule has 8 unspecified atom stereocenters. The summed E-state index contributed by atoms with van der Waals surface area (Å²) in [4.78, 5) is 44.4. The molecule has 1 aromatic carbocycles. The van der Waals surface area contributed by atoms with Gasteiger partial charge in [0.15, 0.2) is 24.1 Å². The number of aromatic nitrogens is 1. The molecule has 21 nitrogen and oxygen atoms in total. The number of carboxylic acid groups (broad SMARTS) is 1. The quantitative estimate of drug-likeness (QED) is 0.155. The number of pyridine rings is 1. The number of esters is 1. The van der Waals surface area contributed by atoms with Crippen LogP contribution in [0, 0.1) is 29.5 Å². The van der Waals surface area contributed by atoms with Crippen LogP contribution in [0.15, 0.2) is 17.1 Å². The molecule has 0 radical (unpaired) electrons. The molecule has 0 bridgehead atoms. The summed E-state index contributed by atoms with van der Waals surface area (Å²) in [5.41, 5.74) is -4.53. The molecular formula is C59H96FN5O16. The summed E-state index contributed by atoms with van der Waals surface area (Å²) >= 11 is 0. The minimum atomic E-state index is -1.80. The standard InChI is InChI=1S/C38H72N2O12.C21H24FN3O4/c1-15-27-38(10,46)31(42)24(6)40(13)19-20(2)17-36(8,45)33(52-35-29(41)26(39(11)12)16-21(3)48-35)22(4)30(23(5)34(44)50-27)51-28-18-37(9,47-14)32(43)25(7)49-28;1-29-20-17-13(19(26)14(21(27)28)9-25(17)12-4-5-12)7-15(22)18(20)24-8-11-3-2-6-23-16(11)10-24/h20-33,35,41-43,45-46H,15-19H2,1-14H3;7,9,11-12,16,23H,2-6,8,10H2,1H3,(H,27,28)/t20-,21?,22+,23-,24-,25?,26?,27-,28?,29?,30+,31-,32?,33-,35?,36-,37?,38-;11-,16+/m10/s1. The lowest BCUT2D eigenvalue weighted by atomic mass is 9.77. The summed E-state index contributed by atoms with van der Waals surface area (Å²) in [6.45, 7) is 20.4. The Morgan fingerprint density at radius 3 is 2.21 bits per heavy atom. The summed E-state index contributed by atoms with van der Waals surface area (Å²) in [5, 5.41) is 71.2. The third kappa shape index (κ3) is 13.7. The Hall–Kier alpha value is -3.62. The maximum absolute atomic E-state index is 15.3. The number of piperidine rings is 1. The lowest BCUT2D eigenvalue weighted by Crippen LogP contribution is -2.60. The maximum atomic E-state index is 15.3. The van der Waals surface area contributed by atoms with Crippen LogP contribution < -0.4 is 20.4 Å². The van der Waals surface area contributed by atoms with Crippen LogP contribution in [0.5, 0.6) is 5.75 Å². The predicted molar refractivity (Wildman–Crippen MR) is 301 cm³/mol. The number of anilines is 1. The number of likely N-dealkylation sites (N-methyl/N-ethyl adjacent to an activating group) is 2. The number of carbonyl (C=O) groups is 2. The van der Waals surface area contributed by atoms with Crippen molar-refractivity contribution in [1.29, 1.82) is 0 Å². The first-order chi connectivity index (χ1) is 37.9. The number of methoxy groups -OCH3 is 2. The Labute approximate surface area is 477 Å². The van der Waals surface area contributed by atoms with Crippen LogP contribution in [0.25, 0.3) is 10.9 Å². The van der Waals surface area contributed by atoms with E-state index in [1.165, 1.54) is 33.4 Å². The fourth-order valence-corrected chi connectivity index (χ4v) is 13.7. The molecule has 5 aliphatic heterocycles. The number of hydrogen-bond donors (Lipinski definition) is 7. The third-order valence-corrected chi connectivity index (χ3v) is 18.7. The van der Waals surface area contributed by atoms with Gasteiger partial charge in [-0.1, -0.05) is 20.8 Å². The van der Waals surface area contributed by atoms with Crippen LogP contribution in [0.3, 0.4) is 0 Å². The number of nitrogens with one attached hydrogen (secondary N) is 1. The monoisotopic (exact) mass is 1150 g/mol. The van der Waals surface area contributed by atoms with Crippen molar-refractivity contribution in [3.63, 3.8) is 0 Å². The molecule has 0 amide bonds. The Balaban J connectivity index is 0.000000272. The number of halogens is 1. The van der Waals surface area contributed by atoms with Gasteiger partial charge in [-0.2, -0.15) is 0 Å². The number of rotatable bonds is 11. The smallest absolute Gasteiger partial charge is 0.341 e. The summed E-state index contributed by atoms with van der Waals surface area (Å²) < 4.78 is 60.3. The molecule has 5 saturated heterocycles. The molecule has 6 heterocycles. The average Bonchev–Trinajstić information content (AvgIpc) is 4.24. The van der Waals surface area contributed by atoms with E-state index >= 15 is 4.39 Å². The fourth-order valence-electron chi connectivity index (χ4n) is 13.7. The topological polar surface area (TPSA) is 264 Å². The number of cyclic esters (lactones) is 1. The van der Waals surface area contributed by atoms with E-state index in [4.69, 9.17) is 33.2 Å². The number of aliphatic hydroxyl groups excluding tert-OH is 3. The van der Waals surface area contributed by atoms with Crippen LogP contribution in [0.2, 0.25) is 0 Å². The van der Waals surface area contributed by atoms with Crippen molar-refractivity contribution in [2.45, 2.75) is 223 Å². The van der Waals surface area contributed by atoms with Crippen molar-refractivity contribution in [3.8, 4) is 5.75 Å². The van der Waals surface area contributed by atoms with Crippen molar-refractivity contribution < 1.29 is 77.8 Å². The van der Waals surface area contributed by atoms with E-state index in [0.717, 1.165) is 38.8 Å². The van der Waals surface area contributed by atoms with Crippen LogP contribution in [0.1, 0.15) is 137 Å². The van der Waals surface area contributed by atoms with Gasteiger partial charge < -0.3 is 88.4 Å². The molecule has 7 N–H and O–H groups in total. The Bertz CT molecular complexity index is 2540. The molecule has 1 saturated carbocycles. The predicted octanol–water partition coefficient (Wildman–Crippen LogP) is 4.27. The SMILES string of the molecule is CC[C@H]1OC(=O)[C@H](C)[C@@H](OC2CC(C)(OC)C(O)C(C)O2)[C@H](C)[C@@H](OC2OC(C)CC(N(C)C)C2O)[C@](C)(O)C[C@@H](C)CN(C)[C@H](C)[C@@H](O)[C@]1(C)O.COc1c(N2C[C@@H]3CCCN[C@@H]3C2)c(F)cc2c(=O)c(C(=O)O)cn(C3CC3)c12.